The minimum atomic E-state index is 0.0538. The van der Waals surface area contributed by atoms with Crippen molar-refractivity contribution in [3.63, 3.8) is 0 Å². The molecule has 0 aliphatic carbocycles. The van der Waals surface area contributed by atoms with E-state index < -0.39 is 0 Å². The fourth-order valence-corrected chi connectivity index (χ4v) is 4.62. The van der Waals surface area contributed by atoms with Crippen molar-refractivity contribution in [3.05, 3.63) is 40.3 Å². The molecule has 3 heterocycles. The number of fused-ring (bicyclic) bond motifs is 3. The maximum absolute atomic E-state index is 12.7. The highest BCUT2D eigenvalue weighted by atomic mass is 32.1. The number of likely N-dealkylation sites (tertiary alicyclic amines) is 1. The molecule has 0 amide bonds. The summed E-state index contributed by atoms with van der Waals surface area (Å²) in [7, 11) is 0. The van der Waals surface area contributed by atoms with Gasteiger partial charge < -0.3 is 9.47 Å². The molecule has 0 radical (unpaired) electrons. The van der Waals surface area contributed by atoms with Crippen molar-refractivity contribution >= 4 is 31.8 Å². The summed E-state index contributed by atoms with van der Waals surface area (Å²) in [6, 6.07) is 8.28. The van der Waals surface area contributed by atoms with Crippen LogP contribution in [0.15, 0.2) is 29.1 Å². The van der Waals surface area contributed by atoms with E-state index >= 15 is 0 Å². The lowest BCUT2D eigenvalue weighted by atomic mass is 10.1. The summed E-state index contributed by atoms with van der Waals surface area (Å²) in [5.74, 6) is 0. The molecule has 0 saturated carbocycles. The third-order valence-corrected chi connectivity index (χ3v) is 5.79. The average molecular weight is 327 g/mol. The molecule has 0 unspecified atom stereocenters. The van der Waals surface area contributed by atoms with Gasteiger partial charge in [-0.1, -0.05) is 24.6 Å². The van der Waals surface area contributed by atoms with Gasteiger partial charge in [0.15, 0.2) is 0 Å². The first kappa shape index (κ1) is 14.8. The van der Waals surface area contributed by atoms with Crippen molar-refractivity contribution in [2.75, 3.05) is 19.6 Å². The Kier molecular flexibility index (Phi) is 3.91. The largest absolute Gasteiger partial charge is 0.303 e. The van der Waals surface area contributed by atoms with E-state index in [1.54, 1.807) is 11.3 Å². The van der Waals surface area contributed by atoms with Crippen LogP contribution in [0.25, 0.3) is 20.4 Å². The first-order valence-electron chi connectivity index (χ1n) is 8.35. The molecule has 1 aliphatic rings. The molecular formula is C18H21N3OS. The van der Waals surface area contributed by atoms with Crippen molar-refractivity contribution in [2.45, 2.75) is 32.7 Å². The first-order chi connectivity index (χ1) is 11.2. The standard InChI is InChI=1S/C18H21N3OS/c1-13-18(22)21(12-11-20-9-5-2-6-10-20)16-14-7-3-4-8-15(14)23-17(16)19-13/h3-4,7-8H,2,5-6,9-12H2,1H3. The number of benzene rings is 1. The topological polar surface area (TPSA) is 38.1 Å². The Balaban J connectivity index is 1.79. The maximum atomic E-state index is 12.7. The van der Waals surface area contributed by atoms with Crippen LogP contribution in [-0.2, 0) is 6.54 Å². The van der Waals surface area contributed by atoms with Gasteiger partial charge in [0, 0.05) is 23.2 Å². The number of rotatable bonds is 3. The van der Waals surface area contributed by atoms with E-state index in [9.17, 15) is 4.79 Å². The molecule has 0 N–H and O–H groups in total. The number of piperidine rings is 1. The van der Waals surface area contributed by atoms with Crippen LogP contribution in [0.4, 0.5) is 0 Å². The van der Waals surface area contributed by atoms with Crippen LogP contribution in [0.5, 0.6) is 0 Å². The highest BCUT2D eigenvalue weighted by Crippen LogP contribution is 2.31. The minimum absolute atomic E-state index is 0.0538. The number of nitrogens with zero attached hydrogens (tertiary/aromatic N) is 3. The molecule has 1 aromatic carbocycles. The Morgan fingerprint density at radius 3 is 2.74 bits per heavy atom. The molecule has 4 nitrogen and oxygen atoms in total. The third-order valence-electron chi connectivity index (χ3n) is 4.73. The van der Waals surface area contributed by atoms with Gasteiger partial charge >= 0.3 is 0 Å². The molecule has 0 spiro atoms. The molecule has 1 fully saturated rings. The van der Waals surface area contributed by atoms with E-state index in [2.05, 4.69) is 22.0 Å². The van der Waals surface area contributed by atoms with Crippen molar-refractivity contribution in [1.82, 2.24) is 14.5 Å². The summed E-state index contributed by atoms with van der Waals surface area (Å²) in [4.78, 5) is 20.7. The van der Waals surface area contributed by atoms with Crippen molar-refractivity contribution in [1.29, 1.82) is 0 Å². The summed E-state index contributed by atoms with van der Waals surface area (Å²) in [6.07, 6.45) is 3.90. The van der Waals surface area contributed by atoms with Gasteiger partial charge in [-0.2, -0.15) is 0 Å². The quantitative estimate of drug-likeness (QED) is 0.740. The Labute approximate surface area is 139 Å². The second-order valence-corrected chi connectivity index (χ2v) is 7.34. The number of aromatic nitrogens is 2. The van der Waals surface area contributed by atoms with Gasteiger partial charge in [0.2, 0.25) is 0 Å². The molecule has 2 aromatic heterocycles. The third kappa shape index (κ3) is 2.68. The molecule has 4 rings (SSSR count). The Morgan fingerprint density at radius 1 is 1.13 bits per heavy atom. The summed E-state index contributed by atoms with van der Waals surface area (Å²) in [5.41, 5.74) is 1.67. The van der Waals surface area contributed by atoms with Gasteiger partial charge in [-0.15, -0.1) is 11.3 Å². The van der Waals surface area contributed by atoms with Crippen molar-refractivity contribution < 1.29 is 0 Å². The average Bonchev–Trinajstić information content (AvgIpc) is 2.94. The minimum Gasteiger partial charge on any atom is -0.303 e. The lowest BCUT2D eigenvalue weighted by Gasteiger charge is -2.26. The Morgan fingerprint density at radius 2 is 1.91 bits per heavy atom. The molecule has 1 aliphatic heterocycles. The monoisotopic (exact) mass is 327 g/mol. The van der Waals surface area contributed by atoms with E-state index in [0.717, 1.165) is 41.9 Å². The smallest absolute Gasteiger partial charge is 0.272 e. The summed E-state index contributed by atoms with van der Waals surface area (Å²) in [5, 5.41) is 1.15. The molecule has 1 saturated heterocycles. The second-order valence-electron chi connectivity index (χ2n) is 6.31. The Hall–Kier alpha value is -1.72. The van der Waals surface area contributed by atoms with Crippen molar-refractivity contribution in [2.24, 2.45) is 0 Å². The zero-order valence-electron chi connectivity index (χ0n) is 13.4. The number of hydrogen-bond acceptors (Lipinski definition) is 4. The van der Waals surface area contributed by atoms with Gasteiger partial charge in [-0.05, 0) is 38.9 Å². The van der Waals surface area contributed by atoms with Crippen LogP contribution in [0, 0.1) is 6.92 Å². The number of hydrogen-bond donors (Lipinski definition) is 0. The van der Waals surface area contributed by atoms with Crippen LogP contribution < -0.4 is 5.56 Å². The normalized spacial score (nSPS) is 16.4. The van der Waals surface area contributed by atoms with Crippen LogP contribution in [-0.4, -0.2) is 34.1 Å². The van der Waals surface area contributed by atoms with E-state index in [1.165, 1.54) is 24.0 Å². The van der Waals surface area contributed by atoms with E-state index in [1.807, 2.05) is 23.6 Å². The lowest BCUT2D eigenvalue weighted by Crippen LogP contribution is -2.35. The second kappa shape index (κ2) is 6.06. The van der Waals surface area contributed by atoms with Gasteiger partial charge in [-0.25, -0.2) is 4.98 Å². The predicted octanol–water partition coefficient (Wildman–Crippen LogP) is 3.41. The van der Waals surface area contributed by atoms with Gasteiger partial charge in [-0.3, -0.25) is 4.79 Å². The van der Waals surface area contributed by atoms with Crippen molar-refractivity contribution in [3.8, 4) is 0 Å². The van der Waals surface area contributed by atoms with Crippen LogP contribution >= 0.6 is 11.3 Å². The molecule has 120 valence electrons. The summed E-state index contributed by atoms with van der Waals surface area (Å²) < 4.78 is 3.15. The van der Waals surface area contributed by atoms with Gasteiger partial charge in [0.1, 0.15) is 10.5 Å². The first-order valence-corrected chi connectivity index (χ1v) is 9.17. The molecule has 5 heteroatoms. The Bertz CT molecular complexity index is 906. The fraction of sp³-hybridized carbons (Fsp3) is 0.444. The van der Waals surface area contributed by atoms with Crippen LogP contribution in [0.3, 0.4) is 0 Å². The van der Waals surface area contributed by atoms with E-state index in [-0.39, 0.29) is 5.56 Å². The number of aryl methyl sites for hydroxylation is 1. The lowest BCUT2D eigenvalue weighted by molar-refractivity contribution is 0.221. The molecule has 3 aromatic rings. The summed E-state index contributed by atoms with van der Waals surface area (Å²) >= 11 is 1.68. The van der Waals surface area contributed by atoms with E-state index in [4.69, 9.17) is 0 Å². The van der Waals surface area contributed by atoms with Crippen LogP contribution in [0.1, 0.15) is 25.0 Å². The molecular weight excluding hydrogens is 306 g/mol. The van der Waals surface area contributed by atoms with Gasteiger partial charge in [0.05, 0.1) is 5.52 Å². The maximum Gasteiger partial charge on any atom is 0.272 e. The zero-order chi connectivity index (χ0) is 15.8. The highest BCUT2D eigenvalue weighted by Gasteiger charge is 2.16. The predicted molar refractivity (Wildman–Crippen MR) is 96.4 cm³/mol. The van der Waals surface area contributed by atoms with E-state index in [0.29, 0.717) is 5.69 Å². The molecule has 23 heavy (non-hydrogen) atoms. The molecule has 0 atom stereocenters. The fourth-order valence-electron chi connectivity index (χ4n) is 3.49. The SMILES string of the molecule is Cc1nc2sc3ccccc3c2n(CCN2CCCCC2)c1=O. The van der Waals surface area contributed by atoms with Gasteiger partial charge in [0.25, 0.3) is 5.56 Å². The molecule has 0 bridgehead atoms. The van der Waals surface area contributed by atoms with Crippen LogP contribution in [0.2, 0.25) is 0 Å². The summed E-state index contributed by atoms with van der Waals surface area (Å²) in [6.45, 7) is 5.84. The number of thiophene rings is 1. The zero-order valence-corrected chi connectivity index (χ0v) is 14.2. The highest BCUT2D eigenvalue weighted by molar-refractivity contribution is 7.25.